The normalized spacial score (nSPS) is 18.7. The molecule has 1 aromatic heterocycles. The van der Waals surface area contributed by atoms with Crippen LogP contribution in [-0.2, 0) is 11.3 Å². The van der Waals surface area contributed by atoms with E-state index in [1.54, 1.807) is 7.05 Å². The Labute approximate surface area is 206 Å². The number of aliphatic imine (C=N–C) groups is 1. The predicted octanol–water partition coefficient (Wildman–Crippen LogP) is 4.20. The van der Waals surface area contributed by atoms with Crippen molar-refractivity contribution in [2.75, 3.05) is 18.9 Å². The van der Waals surface area contributed by atoms with Crippen LogP contribution in [0.4, 0.5) is 5.69 Å². The number of aromatic nitrogens is 1. The Bertz CT molecular complexity index is 913. The number of nitrogens with zero attached hydrogens (tertiary/aromatic N) is 2. The van der Waals surface area contributed by atoms with E-state index in [0.717, 1.165) is 29.7 Å². The first-order valence-electron chi connectivity index (χ1n) is 11.2. The molecule has 8 heteroatoms. The van der Waals surface area contributed by atoms with Gasteiger partial charge in [0.15, 0.2) is 5.96 Å². The zero-order chi connectivity index (χ0) is 21.5. The summed E-state index contributed by atoms with van der Waals surface area (Å²) in [4.78, 5) is 20.8. The summed E-state index contributed by atoms with van der Waals surface area (Å²) < 4.78 is 6.00. The summed E-state index contributed by atoms with van der Waals surface area (Å²) in [5, 5.41) is 9.61. The van der Waals surface area contributed by atoms with Crippen molar-refractivity contribution in [3.8, 4) is 5.88 Å². The van der Waals surface area contributed by atoms with E-state index in [-0.39, 0.29) is 35.8 Å². The number of anilines is 1. The van der Waals surface area contributed by atoms with Crippen LogP contribution < -0.4 is 20.7 Å². The number of amides is 1. The fourth-order valence-corrected chi connectivity index (χ4v) is 4.25. The first kappa shape index (κ1) is 24.3. The van der Waals surface area contributed by atoms with E-state index in [2.05, 4.69) is 32.0 Å². The average molecular weight is 549 g/mol. The third-order valence-electron chi connectivity index (χ3n) is 5.94. The van der Waals surface area contributed by atoms with Crippen LogP contribution >= 0.6 is 24.0 Å². The molecule has 1 aliphatic heterocycles. The zero-order valence-corrected chi connectivity index (χ0v) is 20.8. The van der Waals surface area contributed by atoms with E-state index >= 15 is 0 Å². The van der Waals surface area contributed by atoms with Crippen LogP contribution in [0.2, 0.25) is 0 Å². The number of rotatable bonds is 6. The number of carbonyl (C=O) groups is 1. The van der Waals surface area contributed by atoms with Crippen LogP contribution in [0.3, 0.4) is 0 Å². The topological polar surface area (TPSA) is 87.6 Å². The Balaban J connectivity index is 0.00000289. The maximum atomic E-state index is 12.0. The Morgan fingerprint density at radius 3 is 2.72 bits per heavy atom. The van der Waals surface area contributed by atoms with Crippen LogP contribution in [-0.4, -0.2) is 36.5 Å². The maximum Gasteiger partial charge on any atom is 0.225 e. The van der Waals surface area contributed by atoms with Crippen molar-refractivity contribution in [2.45, 2.75) is 57.1 Å². The molecule has 0 radical (unpaired) electrons. The highest BCUT2D eigenvalue weighted by Crippen LogP contribution is 2.31. The highest BCUT2D eigenvalue weighted by atomic mass is 127. The Morgan fingerprint density at radius 1 is 1.16 bits per heavy atom. The van der Waals surface area contributed by atoms with Crippen LogP contribution in [0.1, 0.15) is 55.6 Å². The van der Waals surface area contributed by atoms with Crippen molar-refractivity contribution in [3.05, 3.63) is 53.7 Å². The molecule has 0 saturated heterocycles. The lowest BCUT2D eigenvalue weighted by atomic mass is 9.90. The summed E-state index contributed by atoms with van der Waals surface area (Å²) in [6.45, 7) is 1.24. The molecule has 2 heterocycles. The number of nitrogens with one attached hydrogen (secondary N) is 3. The van der Waals surface area contributed by atoms with Gasteiger partial charge in [-0.2, -0.15) is 0 Å². The van der Waals surface area contributed by atoms with Crippen LogP contribution in [0.15, 0.2) is 47.6 Å². The van der Waals surface area contributed by atoms with Gasteiger partial charge in [-0.25, -0.2) is 4.98 Å². The first-order chi connectivity index (χ1) is 15.2. The van der Waals surface area contributed by atoms with Gasteiger partial charge in [-0.05, 0) is 42.9 Å². The van der Waals surface area contributed by atoms with Gasteiger partial charge < -0.3 is 20.7 Å². The summed E-state index contributed by atoms with van der Waals surface area (Å²) in [6.07, 6.45) is 8.67. The maximum absolute atomic E-state index is 12.0. The lowest BCUT2D eigenvalue weighted by Gasteiger charge is -2.26. The quantitative estimate of drug-likeness (QED) is 0.286. The third-order valence-corrected chi connectivity index (χ3v) is 5.94. The molecule has 1 fully saturated rings. The molecule has 4 rings (SSSR count). The summed E-state index contributed by atoms with van der Waals surface area (Å²) in [7, 11) is 1.75. The highest BCUT2D eigenvalue weighted by Gasteiger charge is 2.24. The SMILES string of the molecule is CN=C(NCc1ccc(OC2CCCCC2)nc1)NCC1CC(=O)Nc2ccccc21.I. The van der Waals surface area contributed by atoms with Crippen molar-refractivity contribution in [1.82, 2.24) is 15.6 Å². The molecule has 2 aromatic rings. The van der Waals surface area contributed by atoms with Crippen LogP contribution in [0.25, 0.3) is 0 Å². The summed E-state index contributed by atoms with van der Waals surface area (Å²) in [5.41, 5.74) is 3.11. The van der Waals surface area contributed by atoms with E-state index in [1.165, 1.54) is 19.3 Å². The molecule has 0 bridgehead atoms. The number of ether oxygens (including phenoxy) is 1. The second-order valence-corrected chi connectivity index (χ2v) is 8.23. The number of pyridine rings is 1. The first-order valence-corrected chi connectivity index (χ1v) is 11.2. The molecule has 2 aliphatic rings. The van der Waals surface area contributed by atoms with Crippen LogP contribution in [0, 0.1) is 0 Å². The van der Waals surface area contributed by atoms with E-state index in [0.29, 0.717) is 37.5 Å². The molecule has 32 heavy (non-hydrogen) atoms. The van der Waals surface area contributed by atoms with Gasteiger partial charge in [0.1, 0.15) is 6.10 Å². The standard InChI is InChI=1S/C24H31N5O2.HI/c1-25-24(28-16-18-13-22(30)29-21-10-6-5-9-20(18)21)27-15-17-11-12-23(26-14-17)31-19-7-3-2-4-8-19;/h5-6,9-12,14,18-19H,2-4,7-8,13,15-16H2,1H3,(H,29,30)(H2,25,27,28);1H. The summed E-state index contributed by atoms with van der Waals surface area (Å²) >= 11 is 0. The number of halogens is 1. The number of hydrogen-bond donors (Lipinski definition) is 3. The number of hydrogen-bond acceptors (Lipinski definition) is 4. The minimum atomic E-state index is 0. The molecule has 0 spiro atoms. The lowest BCUT2D eigenvalue weighted by Crippen LogP contribution is -2.40. The molecular formula is C24H32IN5O2. The molecular weight excluding hydrogens is 517 g/mol. The monoisotopic (exact) mass is 549 g/mol. The number of para-hydroxylation sites is 1. The van der Waals surface area contributed by atoms with Gasteiger partial charge in [0.2, 0.25) is 11.8 Å². The molecule has 1 saturated carbocycles. The largest absolute Gasteiger partial charge is 0.474 e. The molecule has 1 atom stereocenters. The molecule has 3 N–H and O–H groups in total. The van der Waals surface area contributed by atoms with Gasteiger partial charge in [0.05, 0.1) is 0 Å². The van der Waals surface area contributed by atoms with Gasteiger partial charge in [-0.15, -0.1) is 24.0 Å². The number of guanidine groups is 1. The Morgan fingerprint density at radius 2 is 1.97 bits per heavy atom. The van der Waals surface area contributed by atoms with Crippen molar-refractivity contribution in [2.24, 2.45) is 4.99 Å². The van der Waals surface area contributed by atoms with Crippen molar-refractivity contribution in [3.63, 3.8) is 0 Å². The minimum Gasteiger partial charge on any atom is -0.474 e. The minimum absolute atomic E-state index is 0. The molecule has 1 aliphatic carbocycles. The van der Waals surface area contributed by atoms with E-state index in [9.17, 15) is 4.79 Å². The average Bonchev–Trinajstić information content (AvgIpc) is 2.80. The van der Waals surface area contributed by atoms with E-state index < -0.39 is 0 Å². The van der Waals surface area contributed by atoms with Gasteiger partial charge in [-0.3, -0.25) is 9.79 Å². The summed E-state index contributed by atoms with van der Waals surface area (Å²) in [5.74, 6) is 1.56. The van der Waals surface area contributed by atoms with Crippen LogP contribution in [0.5, 0.6) is 5.88 Å². The number of carbonyl (C=O) groups excluding carboxylic acids is 1. The smallest absolute Gasteiger partial charge is 0.225 e. The van der Waals surface area contributed by atoms with E-state index in [1.807, 2.05) is 36.5 Å². The zero-order valence-electron chi connectivity index (χ0n) is 18.5. The van der Waals surface area contributed by atoms with Gasteiger partial charge in [0.25, 0.3) is 0 Å². The van der Waals surface area contributed by atoms with Gasteiger partial charge in [-0.1, -0.05) is 30.7 Å². The van der Waals surface area contributed by atoms with Gasteiger partial charge in [0, 0.05) is 50.4 Å². The second kappa shape index (κ2) is 12.0. The second-order valence-electron chi connectivity index (χ2n) is 8.23. The fraction of sp³-hybridized carbons (Fsp3) is 0.458. The van der Waals surface area contributed by atoms with Crippen molar-refractivity contribution in [1.29, 1.82) is 0 Å². The molecule has 1 aromatic carbocycles. The predicted molar refractivity (Wildman–Crippen MR) is 138 cm³/mol. The van der Waals surface area contributed by atoms with Crippen molar-refractivity contribution < 1.29 is 9.53 Å². The molecule has 1 amide bonds. The Kier molecular flexibility index (Phi) is 9.13. The van der Waals surface area contributed by atoms with Gasteiger partial charge >= 0.3 is 0 Å². The molecule has 1 unspecified atom stereocenters. The van der Waals surface area contributed by atoms with Crippen molar-refractivity contribution >= 4 is 41.5 Å². The number of benzene rings is 1. The van der Waals surface area contributed by atoms with E-state index in [4.69, 9.17) is 4.74 Å². The molecule has 172 valence electrons. The third kappa shape index (κ3) is 6.57. The highest BCUT2D eigenvalue weighted by molar-refractivity contribution is 14.0. The summed E-state index contributed by atoms with van der Waals surface area (Å²) in [6, 6.07) is 11.9. The number of fused-ring (bicyclic) bond motifs is 1. The Hall–Kier alpha value is -2.36. The lowest BCUT2D eigenvalue weighted by molar-refractivity contribution is -0.116. The molecule has 7 nitrogen and oxygen atoms in total. The fourth-order valence-electron chi connectivity index (χ4n) is 4.25.